The Morgan fingerprint density at radius 1 is 1.11 bits per heavy atom. The number of aryl methyl sites for hydroxylation is 1. The fraction of sp³-hybridized carbons (Fsp3) is 0.600. The van der Waals surface area contributed by atoms with E-state index in [2.05, 4.69) is 19.3 Å². The minimum Gasteiger partial charge on any atom is -0.271 e. The van der Waals surface area contributed by atoms with Gasteiger partial charge in [-0.2, -0.15) is 0 Å². The highest BCUT2D eigenvalue weighted by molar-refractivity contribution is 5.28. The van der Waals surface area contributed by atoms with E-state index >= 15 is 0 Å². The third-order valence-corrected chi connectivity index (χ3v) is 3.61. The summed E-state index contributed by atoms with van der Waals surface area (Å²) in [5.74, 6) is 4.25. The summed E-state index contributed by atoms with van der Waals surface area (Å²) in [6.07, 6.45) is 3.88. The number of nitrogens with two attached hydrogens (primary N) is 1. The second-order valence-electron chi connectivity index (χ2n) is 5.08. The lowest BCUT2D eigenvalue weighted by molar-refractivity contribution is 0.308. The molecule has 0 heterocycles. The van der Waals surface area contributed by atoms with Gasteiger partial charge >= 0.3 is 0 Å². The van der Waals surface area contributed by atoms with Gasteiger partial charge in [0.1, 0.15) is 0 Å². The SMILES string of the molecule is CCCC(CCC)C(NN)c1ccc(C)c(F)c1F. The summed E-state index contributed by atoms with van der Waals surface area (Å²) in [5.41, 5.74) is 3.32. The summed E-state index contributed by atoms with van der Waals surface area (Å²) >= 11 is 0. The van der Waals surface area contributed by atoms with E-state index in [9.17, 15) is 8.78 Å². The van der Waals surface area contributed by atoms with Crippen LogP contribution < -0.4 is 11.3 Å². The smallest absolute Gasteiger partial charge is 0.163 e. The Labute approximate surface area is 114 Å². The zero-order chi connectivity index (χ0) is 14.4. The van der Waals surface area contributed by atoms with E-state index in [-0.39, 0.29) is 12.0 Å². The van der Waals surface area contributed by atoms with Crippen LogP contribution in [0.3, 0.4) is 0 Å². The second kappa shape index (κ2) is 7.56. The van der Waals surface area contributed by atoms with Crippen LogP contribution in [0.15, 0.2) is 12.1 Å². The van der Waals surface area contributed by atoms with Gasteiger partial charge in [-0.3, -0.25) is 11.3 Å². The predicted octanol–water partition coefficient (Wildman–Crippen LogP) is 3.99. The normalized spacial score (nSPS) is 13.0. The molecule has 0 fully saturated rings. The van der Waals surface area contributed by atoms with Gasteiger partial charge in [-0.1, -0.05) is 38.8 Å². The first-order valence-electron chi connectivity index (χ1n) is 6.97. The van der Waals surface area contributed by atoms with Crippen molar-refractivity contribution in [3.8, 4) is 0 Å². The zero-order valence-electron chi connectivity index (χ0n) is 12.0. The highest BCUT2D eigenvalue weighted by Gasteiger charge is 2.25. The van der Waals surface area contributed by atoms with Gasteiger partial charge in [-0.15, -0.1) is 0 Å². The van der Waals surface area contributed by atoms with Crippen LogP contribution >= 0.6 is 0 Å². The molecule has 19 heavy (non-hydrogen) atoms. The molecule has 108 valence electrons. The van der Waals surface area contributed by atoms with Gasteiger partial charge in [0.05, 0.1) is 6.04 Å². The van der Waals surface area contributed by atoms with E-state index in [0.29, 0.717) is 11.1 Å². The van der Waals surface area contributed by atoms with Crippen LogP contribution in [0.5, 0.6) is 0 Å². The molecule has 1 rings (SSSR count). The van der Waals surface area contributed by atoms with E-state index in [0.717, 1.165) is 25.7 Å². The quantitative estimate of drug-likeness (QED) is 0.580. The molecule has 0 radical (unpaired) electrons. The second-order valence-corrected chi connectivity index (χ2v) is 5.08. The van der Waals surface area contributed by atoms with Crippen LogP contribution in [0.25, 0.3) is 0 Å². The summed E-state index contributed by atoms with van der Waals surface area (Å²) in [4.78, 5) is 0. The highest BCUT2D eigenvalue weighted by atomic mass is 19.2. The Balaban J connectivity index is 3.10. The number of nitrogens with one attached hydrogen (secondary N) is 1. The van der Waals surface area contributed by atoms with Crippen LogP contribution in [0.2, 0.25) is 0 Å². The van der Waals surface area contributed by atoms with Gasteiger partial charge in [0.2, 0.25) is 0 Å². The molecule has 4 heteroatoms. The molecule has 2 nitrogen and oxygen atoms in total. The number of hydrazine groups is 1. The third-order valence-electron chi connectivity index (χ3n) is 3.61. The molecule has 1 unspecified atom stereocenters. The van der Waals surface area contributed by atoms with E-state index in [4.69, 9.17) is 5.84 Å². The molecule has 1 aromatic carbocycles. The highest BCUT2D eigenvalue weighted by Crippen LogP contribution is 2.31. The first kappa shape index (κ1) is 16.1. The van der Waals surface area contributed by atoms with E-state index in [1.807, 2.05) is 0 Å². The van der Waals surface area contributed by atoms with Gasteiger partial charge in [-0.05, 0) is 31.2 Å². The van der Waals surface area contributed by atoms with E-state index in [1.165, 1.54) is 0 Å². The number of halogens is 2. The molecular formula is C15H24F2N2. The Morgan fingerprint density at radius 3 is 2.16 bits per heavy atom. The maximum absolute atomic E-state index is 14.1. The fourth-order valence-corrected chi connectivity index (χ4v) is 2.60. The average molecular weight is 270 g/mol. The monoisotopic (exact) mass is 270 g/mol. The number of hydrogen-bond donors (Lipinski definition) is 2. The molecule has 0 aromatic heterocycles. The lowest BCUT2D eigenvalue weighted by Crippen LogP contribution is -2.34. The lowest BCUT2D eigenvalue weighted by atomic mass is 9.86. The lowest BCUT2D eigenvalue weighted by Gasteiger charge is -2.27. The molecule has 0 saturated heterocycles. The summed E-state index contributed by atoms with van der Waals surface area (Å²) < 4.78 is 27.7. The van der Waals surface area contributed by atoms with Gasteiger partial charge < -0.3 is 0 Å². The number of benzene rings is 1. The molecule has 0 bridgehead atoms. The molecule has 0 aliphatic carbocycles. The maximum Gasteiger partial charge on any atom is 0.163 e. The summed E-state index contributed by atoms with van der Waals surface area (Å²) in [7, 11) is 0. The Morgan fingerprint density at radius 2 is 1.68 bits per heavy atom. The van der Waals surface area contributed by atoms with Crippen molar-refractivity contribution in [3.63, 3.8) is 0 Å². The van der Waals surface area contributed by atoms with Crippen molar-refractivity contribution in [2.45, 2.75) is 52.5 Å². The molecule has 3 N–H and O–H groups in total. The Kier molecular flexibility index (Phi) is 6.38. The van der Waals surface area contributed by atoms with Crippen LogP contribution in [0.4, 0.5) is 8.78 Å². The van der Waals surface area contributed by atoms with Gasteiger partial charge in [-0.25, -0.2) is 8.78 Å². The summed E-state index contributed by atoms with van der Waals surface area (Å²) in [5, 5.41) is 0. The standard InChI is InChI=1S/C15H24F2N2/c1-4-6-11(7-5-2)15(19-18)12-9-8-10(3)13(16)14(12)17/h8-9,11,15,19H,4-7,18H2,1-3H3. The maximum atomic E-state index is 14.1. The molecule has 0 spiro atoms. The molecule has 1 atom stereocenters. The van der Waals surface area contributed by atoms with Crippen molar-refractivity contribution in [2.24, 2.45) is 11.8 Å². The van der Waals surface area contributed by atoms with Crippen LogP contribution in [0.1, 0.15) is 56.7 Å². The molecule has 0 aliphatic heterocycles. The van der Waals surface area contributed by atoms with Crippen molar-refractivity contribution < 1.29 is 8.78 Å². The van der Waals surface area contributed by atoms with E-state index < -0.39 is 11.6 Å². The largest absolute Gasteiger partial charge is 0.271 e. The van der Waals surface area contributed by atoms with Crippen molar-refractivity contribution in [2.75, 3.05) is 0 Å². The molecule has 0 amide bonds. The molecular weight excluding hydrogens is 246 g/mol. The summed E-state index contributed by atoms with van der Waals surface area (Å²) in [6, 6.07) is 2.90. The molecule has 0 aliphatic rings. The zero-order valence-corrected chi connectivity index (χ0v) is 12.0. The Bertz CT molecular complexity index is 401. The van der Waals surface area contributed by atoms with Crippen molar-refractivity contribution in [3.05, 3.63) is 34.9 Å². The van der Waals surface area contributed by atoms with Crippen LogP contribution in [0, 0.1) is 24.5 Å². The average Bonchev–Trinajstić information content (AvgIpc) is 2.40. The molecule has 0 saturated carbocycles. The Hall–Kier alpha value is -1.00. The third kappa shape index (κ3) is 3.74. The minimum absolute atomic E-state index is 0.219. The van der Waals surface area contributed by atoms with E-state index in [1.54, 1.807) is 19.1 Å². The van der Waals surface area contributed by atoms with Crippen LogP contribution in [-0.4, -0.2) is 0 Å². The van der Waals surface area contributed by atoms with Gasteiger partial charge in [0.15, 0.2) is 11.6 Å². The number of hydrogen-bond acceptors (Lipinski definition) is 2. The van der Waals surface area contributed by atoms with Crippen molar-refractivity contribution in [1.82, 2.24) is 5.43 Å². The van der Waals surface area contributed by atoms with Crippen LogP contribution in [-0.2, 0) is 0 Å². The predicted molar refractivity (Wildman–Crippen MR) is 74.5 cm³/mol. The molecule has 1 aromatic rings. The van der Waals surface area contributed by atoms with Crippen molar-refractivity contribution >= 4 is 0 Å². The van der Waals surface area contributed by atoms with Gasteiger partial charge in [0, 0.05) is 5.56 Å². The summed E-state index contributed by atoms with van der Waals surface area (Å²) in [6.45, 7) is 5.73. The topological polar surface area (TPSA) is 38.0 Å². The first-order chi connectivity index (χ1) is 9.06. The van der Waals surface area contributed by atoms with Gasteiger partial charge in [0.25, 0.3) is 0 Å². The van der Waals surface area contributed by atoms with Crippen molar-refractivity contribution in [1.29, 1.82) is 0 Å². The number of rotatable bonds is 7. The minimum atomic E-state index is -0.778. The first-order valence-corrected chi connectivity index (χ1v) is 6.97. The fourth-order valence-electron chi connectivity index (χ4n) is 2.60.